The first-order valence-corrected chi connectivity index (χ1v) is 26.4. The number of ether oxygens (including phenoxy) is 2. The smallest absolute Gasteiger partial charge is 0.244 e. The van der Waals surface area contributed by atoms with Gasteiger partial charge in [0, 0.05) is 92.1 Å². The van der Waals surface area contributed by atoms with Crippen LogP contribution in [0.5, 0.6) is 11.5 Å². The second kappa shape index (κ2) is 21.2. The Hall–Kier alpha value is -3.10. The minimum atomic E-state index is -3.69. The number of nitrogens with zero attached hydrogens (tertiary/aromatic N) is 6. The quantitative estimate of drug-likeness (QED) is 0.117. The van der Waals surface area contributed by atoms with Crippen molar-refractivity contribution in [2.75, 3.05) is 76.4 Å². The summed E-state index contributed by atoms with van der Waals surface area (Å²) in [5, 5.41) is 7.88. The fourth-order valence-electron chi connectivity index (χ4n) is 6.97. The topological polar surface area (TPSA) is 125 Å². The van der Waals surface area contributed by atoms with E-state index in [0.29, 0.717) is 85.3 Å². The van der Waals surface area contributed by atoms with Crippen molar-refractivity contribution < 1.29 is 26.3 Å². The highest BCUT2D eigenvalue weighted by molar-refractivity contribution is 7.89. The molecule has 2 saturated heterocycles. The molecule has 0 saturated carbocycles. The monoisotopic (exact) mass is 1060 g/mol. The summed E-state index contributed by atoms with van der Waals surface area (Å²) in [6.07, 6.45) is 1.30. The molecule has 4 aromatic carbocycles. The molecule has 8 rings (SSSR count). The molecule has 4 heterocycles. The van der Waals surface area contributed by atoms with Crippen molar-refractivity contribution in [1.29, 1.82) is 0 Å². The van der Waals surface area contributed by atoms with Gasteiger partial charge in [-0.15, -0.1) is 22.7 Å². The van der Waals surface area contributed by atoms with Gasteiger partial charge in [-0.3, -0.25) is 0 Å². The van der Waals surface area contributed by atoms with Crippen molar-refractivity contribution in [1.82, 2.24) is 18.6 Å². The summed E-state index contributed by atoms with van der Waals surface area (Å²) in [6.45, 7) is 3.58. The van der Waals surface area contributed by atoms with E-state index >= 15 is 0 Å². The Morgan fingerprint density at radius 2 is 0.953 bits per heavy atom. The molecular formula is C42H40Cl6N6O6S4. The van der Waals surface area contributed by atoms with Crippen molar-refractivity contribution in [2.45, 2.75) is 22.6 Å². The highest BCUT2D eigenvalue weighted by atomic mass is 35.5. The predicted molar refractivity (Wildman–Crippen MR) is 261 cm³/mol. The van der Waals surface area contributed by atoms with Crippen LogP contribution in [-0.2, 0) is 32.9 Å². The van der Waals surface area contributed by atoms with Gasteiger partial charge in [-0.05, 0) is 71.8 Å². The molecule has 2 aliphatic heterocycles. The average Bonchev–Trinajstić information content (AvgIpc) is 3.95. The van der Waals surface area contributed by atoms with Crippen LogP contribution in [0, 0.1) is 0 Å². The molecule has 2 aromatic heterocycles. The fourth-order valence-corrected chi connectivity index (χ4v) is 13.4. The molecule has 12 nitrogen and oxygen atoms in total. The summed E-state index contributed by atoms with van der Waals surface area (Å²) < 4.78 is 65.6. The third-order valence-corrected chi connectivity index (χ3v) is 18.2. The van der Waals surface area contributed by atoms with Crippen LogP contribution in [-0.4, -0.2) is 102 Å². The van der Waals surface area contributed by atoms with Crippen LogP contribution in [0.3, 0.4) is 0 Å². The van der Waals surface area contributed by atoms with Crippen LogP contribution < -0.4 is 19.3 Å². The Balaban J connectivity index is 0.000000192. The number of anilines is 2. The van der Waals surface area contributed by atoms with Gasteiger partial charge in [-0.2, -0.15) is 8.61 Å². The molecule has 2 fully saturated rings. The van der Waals surface area contributed by atoms with Crippen molar-refractivity contribution in [3.8, 4) is 11.5 Å². The summed E-state index contributed by atoms with van der Waals surface area (Å²) in [4.78, 5) is 13.8. The minimum Gasteiger partial charge on any atom is -0.497 e. The molecule has 0 aliphatic carbocycles. The van der Waals surface area contributed by atoms with Crippen LogP contribution >= 0.6 is 92.3 Å². The molecule has 0 spiro atoms. The van der Waals surface area contributed by atoms with Crippen LogP contribution in [0.4, 0.5) is 10.3 Å². The fraction of sp³-hybridized carbons (Fsp3) is 0.286. The summed E-state index contributed by atoms with van der Waals surface area (Å²) in [6, 6.07) is 20.2. The third-order valence-electron chi connectivity index (χ3n) is 10.3. The van der Waals surface area contributed by atoms with E-state index in [-0.39, 0.29) is 19.8 Å². The first-order valence-electron chi connectivity index (χ1n) is 19.5. The Morgan fingerprint density at radius 3 is 1.36 bits per heavy atom. The summed E-state index contributed by atoms with van der Waals surface area (Å²) in [5.41, 5.74) is 3.94. The lowest BCUT2D eigenvalue weighted by Gasteiger charge is -2.33. The molecule has 0 radical (unpaired) electrons. The summed E-state index contributed by atoms with van der Waals surface area (Å²) >= 11 is 39.2. The number of piperazine rings is 2. The van der Waals surface area contributed by atoms with E-state index in [9.17, 15) is 16.8 Å². The van der Waals surface area contributed by atoms with Gasteiger partial charge in [0.25, 0.3) is 0 Å². The number of rotatable bonds is 12. The molecule has 340 valence electrons. The van der Waals surface area contributed by atoms with Crippen LogP contribution in [0.15, 0.2) is 93.3 Å². The number of aromatic nitrogens is 2. The molecule has 0 N–H and O–H groups in total. The van der Waals surface area contributed by atoms with Crippen molar-refractivity contribution in [3.63, 3.8) is 0 Å². The second-order valence-corrected chi connectivity index (χ2v) is 22.5. The zero-order valence-electron chi connectivity index (χ0n) is 34.2. The number of methoxy groups -OCH3 is 2. The Labute approximate surface area is 410 Å². The molecule has 22 heteroatoms. The minimum absolute atomic E-state index is 0.0742. The second-order valence-electron chi connectivity index (χ2n) is 14.5. The number of sulfonamides is 2. The van der Waals surface area contributed by atoms with E-state index in [4.69, 9.17) is 89.0 Å². The number of halogens is 6. The number of hydrogen-bond acceptors (Lipinski definition) is 12. The maximum absolute atomic E-state index is 13.0. The van der Waals surface area contributed by atoms with Gasteiger partial charge in [0.15, 0.2) is 10.3 Å². The standard InChI is InChI=1S/C22H23Cl2N3O4S2.C20H17Cl4N3O2S2/c1-30-18-10-15(11-19(13-18)31-2)9-17-14-32-22(25-17)26-5-7-27(8-6-26)33(28,29)21-4-3-16(23)12-20(21)24;21-14-2-4-19(18(24)11-14)31(28,29)27-7-5-26(6-8-27)20-25-15(12-30-20)9-13-1-3-16(22)17(23)10-13/h3-4,10-14H,5-9H2,1-2H3;1-4,10-12H,5-9H2. The maximum Gasteiger partial charge on any atom is 0.244 e. The van der Waals surface area contributed by atoms with Crippen LogP contribution in [0.1, 0.15) is 22.5 Å². The van der Waals surface area contributed by atoms with Crippen LogP contribution in [0.25, 0.3) is 0 Å². The molecular weight excluding hydrogens is 1030 g/mol. The molecule has 64 heavy (non-hydrogen) atoms. The number of benzene rings is 4. The molecule has 0 atom stereocenters. The Bertz CT molecular complexity index is 2810. The lowest BCUT2D eigenvalue weighted by molar-refractivity contribution is 0.384. The zero-order valence-corrected chi connectivity index (χ0v) is 42.0. The van der Waals surface area contributed by atoms with Crippen LogP contribution in [0.2, 0.25) is 30.1 Å². The largest absolute Gasteiger partial charge is 0.497 e. The predicted octanol–water partition coefficient (Wildman–Crippen LogP) is 10.4. The highest BCUT2D eigenvalue weighted by Gasteiger charge is 2.32. The zero-order chi connectivity index (χ0) is 45.8. The van der Waals surface area contributed by atoms with E-state index in [1.807, 2.05) is 41.1 Å². The maximum atomic E-state index is 13.0. The van der Waals surface area contributed by atoms with Crippen molar-refractivity contribution >= 4 is 123 Å². The first kappa shape index (κ1) is 48.8. The Morgan fingerprint density at radius 1 is 0.516 bits per heavy atom. The molecule has 0 bridgehead atoms. The van der Waals surface area contributed by atoms with Crippen molar-refractivity contribution in [2.24, 2.45) is 0 Å². The van der Waals surface area contributed by atoms with Gasteiger partial charge in [-0.1, -0.05) is 75.7 Å². The molecule has 6 aromatic rings. The van der Waals surface area contributed by atoms with Gasteiger partial charge in [0.2, 0.25) is 20.0 Å². The third kappa shape index (κ3) is 11.7. The van der Waals surface area contributed by atoms with Gasteiger partial charge in [0.1, 0.15) is 21.3 Å². The van der Waals surface area contributed by atoms with E-state index in [2.05, 4.69) is 9.80 Å². The van der Waals surface area contributed by atoms with E-state index in [1.165, 1.54) is 45.0 Å². The lowest BCUT2D eigenvalue weighted by atomic mass is 10.1. The lowest BCUT2D eigenvalue weighted by Crippen LogP contribution is -2.48. The average molecular weight is 1070 g/mol. The first-order chi connectivity index (χ1) is 30.5. The highest BCUT2D eigenvalue weighted by Crippen LogP contribution is 2.33. The van der Waals surface area contributed by atoms with E-state index in [1.54, 1.807) is 43.0 Å². The normalized spacial score (nSPS) is 15.2. The molecule has 2 aliphatic rings. The van der Waals surface area contributed by atoms with Gasteiger partial charge >= 0.3 is 0 Å². The van der Waals surface area contributed by atoms with Crippen molar-refractivity contribution in [3.05, 3.63) is 136 Å². The molecule has 0 amide bonds. The molecule has 0 unspecified atom stereocenters. The van der Waals surface area contributed by atoms with E-state index in [0.717, 1.165) is 44.3 Å². The number of thiazole rings is 2. The Kier molecular flexibility index (Phi) is 16.2. The summed E-state index contributed by atoms with van der Waals surface area (Å²) in [7, 11) is -4.12. The van der Waals surface area contributed by atoms with E-state index < -0.39 is 20.0 Å². The van der Waals surface area contributed by atoms with Gasteiger partial charge in [-0.25, -0.2) is 26.8 Å². The summed E-state index contributed by atoms with van der Waals surface area (Å²) in [5.74, 6) is 1.47. The van der Waals surface area contributed by atoms with Gasteiger partial charge < -0.3 is 19.3 Å². The SMILES string of the molecule is COc1cc(Cc2csc(N3CCN(S(=O)(=O)c4ccc(Cl)cc4Cl)CC3)n2)cc(OC)c1.O=S(=O)(c1ccc(Cl)cc1Cl)N1CCN(c2nc(Cc3ccc(Cl)c(Cl)c3)cs2)CC1. The number of hydrogen-bond donors (Lipinski definition) is 0. The van der Waals surface area contributed by atoms with Gasteiger partial charge in [0.05, 0.1) is 45.7 Å².